The van der Waals surface area contributed by atoms with E-state index in [4.69, 9.17) is 9.47 Å². The Morgan fingerprint density at radius 3 is 2.67 bits per heavy atom. The van der Waals surface area contributed by atoms with Gasteiger partial charge in [-0.1, -0.05) is 25.1 Å². The van der Waals surface area contributed by atoms with E-state index in [2.05, 4.69) is 25.2 Å². The molecule has 0 aliphatic carbocycles. The lowest BCUT2D eigenvalue weighted by atomic mass is 10.2. The van der Waals surface area contributed by atoms with E-state index < -0.39 is 0 Å². The summed E-state index contributed by atoms with van der Waals surface area (Å²) >= 11 is 0. The summed E-state index contributed by atoms with van der Waals surface area (Å²) in [5.41, 5.74) is 1.20. The van der Waals surface area contributed by atoms with E-state index in [0.717, 1.165) is 25.3 Å². The summed E-state index contributed by atoms with van der Waals surface area (Å²) < 4.78 is 11.0. The van der Waals surface area contributed by atoms with Gasteiger partial charge in [-0.25, -0.2) is 0 Å². The normalized spacial score (nSPS) is 12.4. The van der Waals surface area contributed by atoms with Crippen LogP contribution in [0.3, 0.4) is 0 Å². The lowest BCUT2D eigenvalue weighted by Gasteiger charge is -2.15. The van der Waals surface area contributed by atoms with Crippen molar-refractivity contribution in [3.63, 3.8) is 0 Å². The van der Waals surface area contributed by atoms with Crippen molar-refractivity contribution >= 4 is 0 Å². The number of hydrogen-bond donors (Lipinski definition) is 1. The van der Waals surface area contributed by atoms with Gasteiger partial charge < -0.3 is 14.8 Å². The largest absolute Gasteiger partial charge is 0.491 e. The van der Waals surface area contributed by atoms with Crippen LogP contribution >= 0.6 is 0 Å². The molecule has 0 aromatic heterocycles. The molecule has 0 saturated carbocycles. The quantitative estimate of drug-likeness (QED) is 0.684. The highest BCUT2D eigenvalue weighted by atomic mass is 16.5. The molecule has 18 heavy (non-hydrogen) atoms. The Morgan fingerprint density at radius 1 is 1.17 bits per heavy atom. The molecule has 1 rings (SSSR count). The van der Waals surface area contributed by atoms with E-state index in [0.29, 0.717) is 19.3 Å². The number of hydrogen-bond acceptors (Lipinski definition) is 3. The third-order valence-electron chi connectivity index (χ3n) is 2.92. The van der Waals surface area contributed by atoms with E-state index in [1.165, 1.54) is 5.56 Å². The first-order chi connectivity index (χ1) is 8.77. The molecule has 1 aromatic rings. The Balaban J connectivity index is 2.45. The second-order valence-corrected chi connectivity index (χ2v) is 4.34. The zero-order valence-corrected chi connectivity index (χ0v) is 11.7. The molecule has 0 heterocycles. The van der Waals surface area contributed by atoms with E-state index >= 15 is 0 Å². The van der Waals surface area contributed by atoms with Crippen LogP contribution in [0, 0.1) is 0 Å². The summed E-state index contributed by atoms with van der Waals surface area (Å²) in [6.45, 7) is 9.20. The molecule has 0 spiro atoms. The second kappa shape index (κ2) is 8.95. The topological polar surface area (TPSA) is 30.5 Å². The highest BCUT2D eigenvalue weighted by Gasteiger charge is 2.04. The Labute approximate surface area is 110 Å². The van der Waals surface area contributed by atoms with Crippen molar-refractivity contribution in [2.45, 2.75) is 39.8 Å². The number of rotatable bonds is 9. The predicted molar refractivity (Wildman–Crippen MR) is 75.0 cm³/mol. The van der Waals surface area contributed by atoms with E-state index in [1.54, 1.807) is 0 Å². The molecule has 0 aliphatic heterocycles. The van der Waals surface area contributed by atoms with Gasteiger partial charge >= 0.3 is 0 Å². The second-order valence-electron chi connectivity index (χ2n) is 4.34. The van der Waals surface area contributed by atoms with Crippen LogP contribution in [0.5, 0.6) is 5.75 Å². The van der Waals surface area contributed by atoms with E-state index in [9.17, 15) is 0 Å². The first-order valence-corrected chi connectivity index (χ1v) is 6.79. The molecule has 0 bridgehead atoms. The van der Waals surface area contributed by atoms with Crippen molar-refractivity contribution in [1.29, 1.82) is 0 Å². The van der Waals surface area contributed by atoms with Gasteiger partial charge in [0.05, 0.1) is 6.61 Å². The van der Waals surface area contributed by atoms with Crippen LogP contribution in [0.2, 0.25) is 0 Å². The fraction of sp³-hybridized carbons (Fsp3) is 0.600. The zero-order valence-electron chi connectivity index (χ0n) is 11.7. The van der Waals surface area contributed by atoms with Crippen molar-refractivity contribution in [2.24, 2.45) is 0 Å². The molecule has 3 nitrogen and oxygen atoms in total. The van der Waals surface area contributed by atoms with Crippen LogP contribution in [0.15, 0.2) is 24.3 Å². The minimum Gasteiger partial charge on any atom is -0.491 e. The molecule has 0 fully saturated rings. The van der Waals surface area contributed by atoms with Crippen molar-refractivity contribution in [3.8, 4) is 5.75 Å². The molecule has 0 amide bonds. The Kier molecular flexibility index (Phi) is 7.46. The van der Waals surface area contributed by atoms with Gasteiger partial charge in [-0.2, -0.15) is 0 Å². The van der Waals surface area contributed by atoms with E-state index in [1.807, 2.05) is 25.1 Å². The van der Waals surface area contributed by atoms with Gasteiger partial charge in [0, 0.05) is 24.8 Å². The third kappa shape index (κ3) is 5.52. The van der Waals surface area contributed by atoms with Crippen LogP contribution in [-0.2, 0) is 11.3 Å². The average molecular weight is 251 g/mol. The highest BCUT2D eigenvalue weighted by molar-refractivity contribution is 5.33. The van der Waals surface area contributed by atoms with Crippen molar-refractivity contribution in [2.75, 3.05) is 19.8 Å². The van der Waals surface area contributed by atoms with Crippen molar-refractivity contribution in [1.82, 2.24) is 5.32 Å². The summed E-state index contributed by atoms with van der Waals surface area (Å²) in [5.74, 6) is 0.952. The fourth-order valence-electron chi connectivity index (χ4n) is 1.57. The molecule has 3 heteroatoms. The maximum absolute atomic E-state index is 5.74. The molecule has 1 atom stereocenters. The number of ether oxygens (including phenoxy) is 2. The Hall–Kier alpha value is -1.06. The highest BCUT2D eigenvalue weighted by Crippen LogP contribution is 2.17. The van der Waals surface area contributed by atoms with Crippen LogP contribution < -0.4 is 10.1 Å². The maximum atomic E-state index is 5.74. The fourth-order valence-corrected chi connectivity index (χ4v) is 1.57. The SMILES string of the molecule is CCOCCOc1ccccc1CNC(C)CC. The number of para-hydroxylation sites is 1. The molecule has 0 aliphatic rings. The lowest BCUT2D eigenvalue weighted by Crippen LogP contribution is -2.24. The van der Waals surface area contributed by atoms with Gasteiger partial charge in [0.2, 0.25) is 0 Å². The van der Waals surface area contributed by atoms with Gasteiger partial charge in [0.1, 0.15) is 12.4 Å². The molecule has 1 aromatic carbocycles. The van der Waals surface area contributed by atoms with Gasteiger partial charge in [0.15, 0.2) is 0 Å². The Bertz CT molecular complexity index is 328. The monoisotopic (exact) mass is 251 g/mol. The van der Waals surface area contributed by atoms with Crippen LogP contribution in [0.1, 0.15) is 32.8 Å². The molecular formula is C15H25NO2. The molecular weight excluding hydrogens is 226 g/mol. The first-order valence-electron chi connectivity index (χ1n) is 6.79. The van der Waals surface area contributed by atoms with Crippen molar-refractivity contribution < 1.29 is 9.47 Å². The standard InChI is InChI=1S/C15H25NO2/c1-4-13(3)16-12-14-8-6-7-9-15(14)18-11-10-17-5-2/h6-9,13,16H,4-5,10-12H2,1-3H3. The minimum atomic E-state index is 0.529. The molecule has 102 valence electrons. The molecule has 0 radical (unpaired) electrons. The summed E-state index contributed by atoms with van der Waals surface area (Å²) in [7, 11) is 0. The third-order valence-corrected chi connectivity index (χ3v) is 2.92. The molecule has 1 N–H and O–H groups in total. The minimum absolute atomic E-state index is 0.529. The Morgan fingerprint density at radius 2 is 1.94 bits per heavy atom. The molecule has 0 saturated heterocycles. The van der Waals surface area contributed by atoms with Crippen LogP contribution in [-0.4, -0.2) is 25.9 Å². The van der Waals surface area contributed by atoms with Gasteiger partial charge in [-0.05, 0) is 26.3 Å². The molecule has 1 unspecified atom stereocenters. The van der Waals surface area contributed by atoms with Crippen molar-refractivity contribution in [3.05, 3.63) is 29.8 Å². The number of benzene rings is 1. The zero-order chi connectivity index (χ0) is 13.2. The smallest absolute Gasteiger partial charge is 0.123 e. The van der Waals surface area contributed by atoms with Gasteiger partial charge in [-0.15, -0.1) is 0 Å². The number of nitrogens with one attached hydrogen (secondary N) is 1. The maximum Gasteiger partial charge on any atom is 0.123 e. The van der Waals surface area contributed by atoms with E-state index in [-0.39, 0.29) is 0 Å². The first kappa shape index (κ1) is 15.0. The van der Waals surface area contributed by atoms with Gasteiger partial charge in [-0.3, -0.25) is 0 Å². The van der Waals surface area contributed by atoms with Gasteiger partial charge in [0.25, 0.3) is 0 Å². The summed E-state index contributed by atoms with van der Waals surface area (Å²) in [6.07, 6.45) is 1.13. The predicted octanol–water partition coefficient (Wildman–Crippen LogP) is 2.99. The van der Waals surface area contributed by atoms with Crippen LogP contribution in [0.25, 0.3) is 0 Å². The summed E-state index contributed by atoms with van der Waals surface area (Å²) in [4.78, 5) is 0. The summed E-state index contributed by atoms with van der Waals surface area (Å²) in [5, 5.41) is 3.48. The summed E-state index contributed by atoms with van der Waals surface area (Å²) in [6, 6.07) is 8.69. The van der Waals surface area contributed by atoms with Crippen LogP contribution in [0.4, 0.5) is 0 Å². The average Bonchev–Trinajstić information content (AvgIpc) is 2.42. The lowest BCUT2D eigenvalue weighted by molar-refractivity contribution is 0.110.